The van der Waals surface area contributed by atoms with E-state index >= 15 is 0 Å². The fraction of sp³-hybridized carbons (Fsp3) is 0.0811. The Morgan fingerprint density at radius 2 is 1.14 bits per heavy atom. The van der Waals surface area contributed by atoms with Crippen molar-refractivity contribution in [1.82, 2.24) is 0 Å². The highest BCUT2D eigenvalue weighted by Crippen LogP contribution is 2.39. The van der Waals surface area contributed by atoms with Crippen LogP contribution in [0.15, 0.2) is 115 Å². The summed E-state index contributed by atoms with van der Waals surface area (Å²) in [5, 5.41) is 3.61. The third-order valence-corrected chi connectivity index (χ3v) is 7.19. The summed E-state index contributed by atoms with van der Waals surface area (Å²) in [5.74, 6) is -2.12. The number of rotatable bonds is 8. The summed E-state index contributed by atoms with van der Waals surface area (Å²) >= 11 is 0. The quantitative estimate of drug-likeness (QED) is 0.0989. The van der Waals surface area contributed by atoms with Gasteiger partial charge >= 0.3 is 6.18 Å². The van der Waals surface area contributed by atoms with E-state index < -0.39 is 23.4 Å². The Bertz CT molecular complexity index is 1940. The van der Waals surface area contributed by atoms with Gasteiger partial charge in [0.25, 0.3) is 0 Å². The van der Waals surface area contributed by atoms with E-state index in [4.69, 9.17) is 9.47 Å². The molecular weight excluding hydrogens is 571 g/mol. The normalized spacial score (nSPS) is 11.8. The van der Waals surface area contributed by atoms with Crippen molar-refractivity contribution in [2.24, 2.45) is 0 Å². The zero-order chi connectivity index (χ0) is 30.7. The van der Waals surface area contributed by atoms with Crippen molar-refractivity contribution in [2.75, 3.05) is 0 Å². The lowest BCUT2D eigenvalue weighted by Crippen LogP contribution is -2.11. The van der Waals surface area contributed by atoms with Gasteiger partial charge in [-0.15, -0.1) is 0 Å². The Balaban J connectivity index is 1.36. The van der Waals surface area contributed by atoms with E-state index in [0.29, 0.717) is 42.4 Å². The predicted molar refractivity (Wildman–Crippen MR) is 163 cm³/mol. The molecule has 0 saturated carbocycles. The maximum Gasteiger partial charge on any atom is 0.422 e. The Labute approximate surface area is 250 Å². The molecule has 6 aromatic rings. The SMILES string of the molecule is Fc1cc(/C=C/c2ccc3cc4ccc(OCc5ccccc5)c(OCc5ccccc5)c4cc3c2)cc(F)c1C(F)(F)F. The molecule has 0 aliphatic carbocycles. The second-order valence-corrected chi connectivity index (χ2v) is 10.3. The molecule has 0 aliphatic heterocycles. The monoisotopic (exact) mass is 596 g/mol. The number of ether oxygens (including phenoxy) is 2. The number of alkyl halides is 3. The molecule has 0 amide bonds. The van der Waals surface area contributed by atoms with E-state index in [1.54, 1.807) is 6.08 Å². The standard InChI is InChI=1S/C37H25F5O2/c38-32-18-27(19-33(39)35(32)37(40,41)42)12-11-24-13-14-28-20-29-15-16-34(43-22-25-7-3-1-4-8-25)36(31(29)21-30(28)17-24)44-23-26-9-5-2-6-10-26/h1-21H,22-23H2/b12-11+. The fourth-order valence-corrected chi connectivity index (χ4v) is 5.03. The van der Waals surface area contributed by atoms with Gasteiger partial charge < -0.3 is 9.47 Å². The molecule has 0 atom stereocenters. The van der Waals surface area contributed by atoms with Gasteiger partial charge in [0, 0.05) is 5.39 Å². The van der Waals surface area contributed by atoms with E-state index in [9.17, 15) is 22.0 Å². The second kappa shape index (κ2) is 12.2. The molecule has 6 aromatic carbocycles. The van der Waals surface area contributed by atoms with Crippen LogP contribution in [0.5, 0.6) is 11.5 Å². The summed E-state index contributed by atoms with van der Waals surface area (Å²) in [5.41, 5.74) is 0.793. The first-order valence-electron chi connectivity index (χ1n) is 13.8. The van der Waals surface area contributed by atoms with Gasteiger partial charge in [0.15, 0.2) is 11.5 Å². The van der Waals surface area contributed by atoms with Gasteiger partial charge in [0.1, 0.15) is 30.4 Å². The van der Waals surface area contributed by atoms with Crippen LogP contribution < -0.4 is 9.47 Å². The molecule has 2 nitrogen and oxygen atoms in total. The third kappa shape index (κ3) is 6.42. The van der Waals surface area contributed by atoms with Crippen molar-refractivity contribution in [2.45, 2.75) is 19.4 Å². The van der Waals surface area contributed by atoms with Crippen LogP contribution >= 0.6 is 0 Å². The Morgan fingerprint density at radius 3 is 1.77 bits per heavy atom. The van der Waals surface area contributed by atoms with Crippen molar-refractivity contribution in [3.05, 3.63) is 155 Å². The molecule has 0 aromatic heterocycles. The van der Waals surface area contributed by atoms with Gasteiger partial charge in [-0.25, -0.2) is 8.78 Å². The zero-order valence-electron chi connectivity index (χ0n) is 23.2. The predicted octanol–water partition coefficient (Wildman–Crippen LogP) is 10.6. The van der Waals surface area contributed by atoms with E-state index in [1.165, 1.54) is 6.08 Å². The molecule has 0 saturated heterocycles. The molecule has 0 radical (unpaired) electrons. The van der Waals surface area contributed by atoms with Crippen LogP contribution in [-0.4, -0.2) is 0 Å². The molecule has 44 heavy (non-hydrogen) atoms. The number of halogens is 5. The molecule has 0 spiro atoms. The highest BCUT2D eigenvalue weighted by molar-refractivity contribution is 6.02. The number of hydrogen-bond acceptors (Lipinski definition) is 2. The maximum atomic E-state index is 14.1. The Kier molecular flexibility index (Phi) is 8.03. The summed E-state index contributed by atoms with van der Waals surface area (Å²) in [6.45, 7) is 0.699. The summed E-state index contributed by atoms with van der Waals surface area (Å²) in [6, 6.07) is 34.5. The lowest BCUT2D eigenvalue weighted by Gasteiger charge is -2.16. The van der Waals surface area contributed by atoms with Crippen LogP contribution in [0.2, 0.25) is 0 Å². The van der Waals surface area contributed by atoms with E-state index in [1.807, 2.05) is 103 Å². The molecule has 7 heteroatoms. The van der Waals surface area contributed by atoms with Crippen molar-refractivity contribution < 1.29 is 31.4 Å². The van der Waals surface area contributed by atoms with Crippen LogP contribution in [0.1, 0.15) is 27.8 Å². The van der Waals surface area contributed by atoms with Gasteiger partial charge in [0.05, 0.1) is 0 Å². The van der Waals surface area contributed by atoms with Crippen molar-refractivity contribution in [1.29, 1.82) is 0 Å². The van der Waals surface area contributed by atoms with Gasteiger partial charge in [-0.1, -0.05) is 91.0 Å². The van der Waals surface area contributed by atoms with E-state index in [2.05, 4.69) is 0 Å². The topological polar surface area (TPSA) is 18.5 Å². The lowest BCUT2D eigenvalue weighted by atomic mass is 10.00. The molecule has 0 unspecified atom stereocenters. The van der Waals surface area contributed by atoms with Gasteiger partial charge in [-0.2, -0.15) is 13.2 Å². The zero-order valence-corrected chi connectivity index (χ0v) is 23.2. The highest BCUT2D eigenvalue weighted by atomic mass is 19.4. The summed E-state index contributed by atoms with van der Waals surface area (Å²) in [7, 11) is 0. The molecule has 6 rings (SSSR count). The van der Waals surface area contributed by atoms with Crippen molar-refractivity contribution in [3.8, 4) is 11.5 Å². The number of hydrogen-bond donors (Lipinski definition) is 0. The minimum absolute atomic E-state index is 0.0246. The van der Waals surface area contributed by atoms with E-state index in [0.717, 1.165) is 32.7 Å². The molecule has 0 aliphatic rings. The van der Waals surface area contributed by atoms with Gasteiger partial charge in [0.2, 0.25) is 0 Å². The minimum atomic E-state index is -5.12. The van der Waals surface area contributed by atoms with E-state index in [-0.39, 0.29) is 5.56 Å². The average molecular weight is 597 g/mol. The summed E-state index contributed by atoms with van der Waals surface area (Å²) in [4.78, 5) is 0. The number of fused-ring (bicyclic) bond motifs is 2. The van der Waals surface area contributed by atoms with Crippen molar-refractivity contribution >= 4 is 33.7 Å². The number of benzene rings is 6. The van der Waals surface area contributed by atoms with Crippen molar-refractivity contribution in [3.63, 3.8) is 0 Å². The first-order chi connectivity index (χ1) is 21.2. The highest BCUT2D eigenvalue weighted by Gasteiger charge is 2.37. The molecule has 0 heterocycles. The smallest absolute Gasteiger partial charge is 0.422 e. The summed E-state index contributed by atoms with van der Waals surface area (Å²) in [6.07, 6.45) is -2.15. The third-order valence-electron chi connectivity index (χ3n) is 7.19. The molecule has 0 fully saturated rings. The lowest BCUT2D eigenvalue weighted by molar-refractivity contribution is -0.142. The first kappa shape index (κ1) is 28.9. The molecule has 0 N–H and O–H groups in total. The van der Waals surface area contributed by atoms with Crippen LogP contribution in [0.3, 0.4) is 0 Å². The largest absolute Gasteiger partial charge is 0.485 e. The van der Waals surface area contributed by atoms with Crippen LogP contribution in [0.4, 0.5) is 22.0 Å². The first-order valence-corrected chi connectivity index (χ1v) is 13.8. The van der Waals surface area contributed by atoms with Crippen LogP contribution in [0.25, 0.3) is 33.7 Å². The maximum absolute atomic E-state index is 14.1. The average Bonchev–Trinajstić information content (AvgIpc) is 3.01. The minimum Gasteiger partial charge on any atom is -0.485 e. The van der Waals surface area contributed by atoms with Gasteiger partial charge in [-0.05, 0) is 74.8 Å². The Hall–Kier alpha value is -5.17. The molecule has 220 valence electrons. The molecular formula is C37H25F5O2. The summed E-state index contributed by atoms with van der Waals surface area (Å²) < 4.78 is 79.6. The van der Waals surface area contributed by atoms with Gasteiger partial charge in [-0.3, -0.25) is 0 Å². The molecule has 0 bridgehead atoms. The second-order valence-electron chi connectivity index (χ2n) is 10.3. The van der Waals surface area contributed by atoms with Crippen LogP contribution in [0, 0.1) is 11.6 Å². The van der Waals surface area contributed by atoms with Crippen LogP contribution in [-0.2, 0) is 19.4 Å². The Morgan fingerprint density at radius 1 is 0.545 bits per heavy atom. The fourth-order valence-electron chi connectivity index (χ4n) is 5.03.